The maximum absolute atomic E-state index is 6.00. The van der Waals surface area contributed by atoms with Crippen molar-refractivity contribution in [1.29, 1.82) is 0 Å². The van der Waals surface area contributed by atoms with Crippen molar-refractivity contribution in [3.63, 3.8) is 0 Å². The van der Waals surface area contributed by atoms with E-state index in [9.17, 15) is 0 Å². The Hall–Kier alpha value is -0.800. The van der Waals surface area contributed by atoms with Gasteiger partial charge in [-0.15, -0.1) is 0 Å². The zero-order chi connectivity index (χ0) is 12.7. The van der Waals surface area contributed by atoms with Crippen LogP contribution in [0.15, 0.2) is 16.5 Å². The van der Waals surface area contributed by atoms with E-state index in [2.05, 4.69) is 43.1 Å². The third-order valence-electron chi connectivity index (χ3n) is 4.41. The molecular formula is C15H24N2O. The molecule has 4 unspecified atom stereocenters. The molecule has 3 rings (SSSR count). The lowest BCUT2D eigenvalue weighted by atomic mass is 10.1. The molecule has 2 aliphatic rings. The van der Waals surface area contributed by atoms with Gasteiger partial charge in [0.25, 0.3) is 0 Å². The molecular weight excluding hydrogens is 224 g/mol. The van der Waals surface area contributed by atoms with Gasteiger partial charge in [0.05, 0.1) is 6.54 Å². The van der Waals surface area contributed by atoms with Gasteiger partial charge in [-0.05, 0) is 38.3 Å². The van der Waals surface area contributed by atoms with Crippen LogP contribution in [0.2, 0.25) is 0 Å². The van der Waals surface area contributed by atoms with Crippen LogP contribution in [-0.4, -0.2) is 30.1 Å². The van der Waals surface area contributed by atoms with Crippen LogP contribution in [0.5, 0.6) is 0 Å². The van der Waals surface area contributed by atoms with Crippen molar-refractivity contribution in [3.8, 4) is 0 Å². The molecule has 2 heterocycles. The first-order chi connectivity index (χ1) is 8.63. The Morgan fingerprint density at radius 1 is 1.33 bits per heavy atom. The minimum atomic E-state index is 0.582. The fraction of sp³-hybridized carbons (Fsp3) is 0.733. The molecule has 1 aliphatic carbocycles. The van der Waals surface area contributed by atoms with Crippen molar-refractivity contribution in [3.05, 3.63) is 23.7 Å². The highest BCUT2D eigenvalue weighted by Gasteiger charge is 2.36. The van der Waals surface area contributed by atoms with E-state index in [1.165, 1.54) is 12.2 Å². The predicted molar refractivity (Wildman–Crippen MR) is 72.6 cm³/mol. The summed E-state index contributed by atoms with van der Waals surface area (Å²) in [5, 5.41) is 3.51. The first-order valence-electron chi connectivity index (χ1n) is 7.19. The Morgan fingerprint density at radius 2 is 2.11 bits per heavy atom. The normalized spacial score (nSPS) is 36.8. The Kier molecular flexibility index (Phi) is 3.20. The minimum absolute atomic E-state index is 0.582. The molecule has 4 atom stereocenters. The molecule has 1 N–H and O–H groups in total. The first kappa shape index (κ1) is 12.2. The largest absolute Gasteiger partial charge is 0.464 e. The molecule has 0 spiro atoms. The molecule has 1 saturated carbocycles. The molecule has 0 amide bonds. The zero-order valence-corrected chi connectivity index (χ0v) is 11.6. The number of piperazine rings is 1. The molecule has 3 heteroatoms. The molecule has 18 heavy (non-hydrogen) atoms. The topological polar surface area (TPSA) is 28.4 Å². The first-order valence-corrected chi connectivity index (χ1v) is 7.19. The summed E-state index contributed by atoms with van der Waals surface area (Å²) in [5.74, 6) is 3.85. The van der Waals surface area contributed by atoms with Crippen LogP contribution < -0.4 is 5.32 Å². The fourth-order valence-electron chi connectivity index (χ4n) is 2.91. The standard InChI is InChI=1S/C15H24N2O/c1-10-6-14(10)15-5-4-13(18-15)9-17-8-11(2)16-7-12(17)3/h4-5,10-12,14,16H,6-9H2,1-3H3. The molecule has 0 aromatic carbocycles. The van der Waals surface area contributed by atoms with Gasteiger partial charge in [-0.1, -0.05) is 6.92 Å². The number of hydrogen-bond acceptors (Lipinski definition) is 3. The van der Waals surface area contributed by atoms with Gasteiger partial charge in [-0.2, -0.15) is 0 Å². The van der Waals surface area contributed by atoms with E-state index in [-0.39, 0.29) is 0 Å². The molecule has 0 radical (unpaired) electrons. The summed E-state index contributed by atoms with van der Waals surface area (Å²) < 4.78 is 6.00. The van der Waals surface area contributed by atoms with Gasteiger partial charge in [0, 0.05) is 31.1 Å². The van der Waals surface area contributed by atoms with Crippen molar-refractivity contribution in [2.45, 2.75) is 51.7 Å². The highest BCUT2D eigenvalue weighted by Crippen LogP contribution is 2.47. The van der Waals surface area contributed by atoms with E-state index < -0.39 is 0 Å². The van der Waals surface area contributed by atoms with Crippen molar-refractivity contribution < 1.29 is 4.42 Å². The molecule has 0 bridgehead atoms. The van der Waals surface area contributed by atoms with Gasteiger partial charge >= 0.3 is 0 Å². The predicted octanol–water partition coefficient (Wildman–Crippen LogP) is 2.59. The number of furan rings is 1. The maximum Gasteiger partial charge on any atom is 0.118 e. The smallest absolute Gasteiger partial charge is 0.118 e. The van der Waals surface area contributed by atoms with Gasteiger partial charge in [0.1, 0.15) is 11.5 Å². The average molecular weight is 248 g/mol. The molecule has 100 valence electrons. The van der Waals surface area contributed by atoms with Crippen LogP contribution >= 0.6 is 0 Å². The van der Waals surface area contributed by atoms with Gasteiger partial charge in [-0.3, -0.25) is 4.90 Å². The van der Waals surface area contributed by atoms with Crippen molar-refractivity contribution in [2.24, 2.45) is 5.92 Å². The highest BCUT2D eigenvalue weighted by atomic mass is 16.3. The van der Waals surface area contributed by atoms with E-state index >= 15 is 0 Å². The van der Waals surface area contributed by atoms with Crippen molar-refractivity contribution in [2.75, 3.05) is 13.1 Å². The molecule has 2 fully saturated rings. The van der Waals surface area contributed by atoms with E-state index in [1.54, 1.807) is 0 Å². The van der Waals surface area contributed by atoms with E-state index in [0.29, 0.717) is 18.0 Å². The SMILES string of the molecule is CC1CN(Cc2ccc(C3CC3C)o2)C(C)CN1. The van der Waals surface area contributed by atoms with E-state index in [1.807, 2.05) is 0 Å². The average Bonchev–Trinajstić information content (AvgIpc) is 2.88. The van der Waals surface area contributed by atoms with E-state index in [0.717, 1.165) is 31.3 Å². The number of rotatable bonds is 3. The third-order valence-corrected chi connectivity index (χ3v) is 4.41. The quantitative estimate of drug-likeness (QED) is 0.891. The van der Waals surface area contributed by atoms with Crippen molar-refractivity contribution >= 4 is 0 Å². The molecule has 1 aromatic rings. The second-order valence-corrected chi connectivity index (χ2v) is 6.21. The summed E-state index contributed by atoms with van der Waals surface area (Å²) in [6.45, 7) is 9.97. The van der Waals surface area contributed by atoms with Crippen LogP contribution in [0.4, 0.5) is 0 Å². The number of nitrogens with zero attached hydrogens (tertiary/aromatic N) is 1. The zero-order valence-electron chi connectivity index (χ0n) is 11.6. The second kappa shape index (κ2) is 4.71. The summed E-state index contributed by atoms with van der Waals surface area (Å²) in [4.78, 5) is 2.51. The summed E-state index contributed by atoms with van der Waals surface area (Å²) >= 11 is 0. The summed E-state index contributed by atoms with van der Waals surface area (Å²) in [7, 11) is 0. The Morgan fingerprint density at radius 3 is 2.83 bits per heavy atom. The lowest BCUT2D eigenvalue weighted by Crippen LogP contribution is -2.53. The van der Waals surface area contributed by atoms with Crippen LogP contribution in [0, 0.1) is 5.92 Å². The Bertz CT molecular complexity index is 414. The highest BCUT2D eigenvalue weighted by molar-refractivity contribution is 5.17. The van der Waals surface area contributed by atoms with Gasteiger partial charge in [0.2, 0.25) is 0 Å². The number of hydrogen-bond donors (Lipinski definition) is 1. The Balaban J connectivity index is 1.63. The molecule has 1 aromatic heterocycles. The summed E-state index contributed by atoms with van der Waals surface area (Å²) in [6.07, 6.45) is 1.30. The Labute approximate surface area is 110 Å². The molecule has 1 aliphatic heterocycles. The molecule has 1 saturated heterocycles. The van der Waals surface area contributed by atoms with E-state index in [4.69, 9.17) is 4.42 Å². The van der Waals surface area contributed by atoms with Crippen molar-refractivity contribution in [1.82, 2.24) is 10.2 Å². The second-order valence-electron chi connectivity index (χ2n) is 6.21. The third kappa shape index (κ3) is 2.47. The number of nitrogens with one attached hydrogen (secondary N) is 1. The van der Waals surface area contributed by atoms with Gasteiger partial charge in [-0.25, -0.2) is 0 Å². The van der Waals surface area contributed by atoms with Crippen LogP contribution in [-0.2, 0) is 6.54 Å². The van der Waals surface area contributed by atoms with Crippen LogP contribution in [0.1, 0.15) is 44.6 Å². The lowest BCUT2D eigenvalue weighted by Gasteiger charge is -2.36. The monoisotopic (exact) mass is 248 g/mol. The fourth-order valence-corrected chi connectivity index (χ4v) is 2.91. The minimum Gasteiger partial charge on any atom is -0.464 e. The van der Waals surface area contributed by atoms with Crippen LogP contribution in [0.25, 0.3) is 0 Å². The van der Waals surface area contributed by atoms with Gasteiger partial charge in [0.15, 0.2) is 0 Å². The van der Waals surface area contributed by atoms with Gasteiger partial charge < -0.3 is 9.73 Å². The molecule has 3 nitrogen and oxygen atoms in total. The summed E-state index contributed by atoms with van der Waals surface area (Å²) in [6, 6.07) is 5.52. The van der Waals surface area contributed by atoms with Crippen LogP contribution in [0.3, 0.4) is 0 Å². The maximum atomic E-state index is 6.00. The summed E-state index contributed by atoms with van der Waals surface area (Å²) in [5.41, 5.74) is 0. The lowest BCUT2D eigenvalue weighted by molar-refractivity contribution is 0.128.